The van der Waals surface area contributed by atoms with Crippen molar-refractivity contribution in [2.24, 2.45) is 0 Å². The molecule has 1 atom stereocenters. The molecule has 0 bridgehead atoms. The molecule has 1 rings (SSSR count). The number of aliphatic hydroxyl groups excluding tert-OH is 1. The molecule has 0 saturated carbocycles. The van der Waals surface area contributed by atoms with Crippen molar-refractivity contribution >= 4 is 17.7 Å². The second-order valence-electron chi connectivity index (χ2n) is 6.67. The maximum atomic E-state index is 14.2. The van der Waals surface area contributed by atoms with Crippen LogP contribution in [0.2, 0.25) is 0 Å². The molecule has 2 N–H and O–H groups in total. The molecule has 1 amide bonds. The molecule has 158 valence electrons. The van der Waals surface area contributed by atoms with Crippen LogP contribution >= 0.6 is 0 Å². The number of anilines is 1. The second kappa shape index (κ2) is 8.29. The Bertz CT molecular complexity index is 728. The van der Waals surface area contributed by atoms with E-state index in [9.17, 15) is 36.6 Å². The number of aliphatic hydroxyl groups is 1. The van der Waals surface area contributed by atoms with Gasteiger partial charge in [-0.1, -0.05) is 0 Å². The van der Waals surface area contributed by atoms with Crippen molar-refractivity contribution in [1.82, 2.24) is 0 Å². The number of halogens is 5. The Morgan fingerprint density at radius 3 is 2.18 bits per heavy atom. The third kappa shape index (κ3) is 6.04. The summed E-state index contributed by atoms with van der Waals surface area (Å²) >= 11 is 0. The fourth-order valence-corrected chi connectivity index (χ4v) is 2.03. The summed E-state index contributed by atoms with van der Waals surface area (Å²) in [6.45, 7) is 5.31. The summed E-state index contributed by atoms with van der Waals surface area (Å²) in [6, 6.07) is 1.41. The second-order valence-corrected chi connectivity index (χ2v) is 6.67. The van der Waals surface area contributed by atoms with Gasteiger partial charge in [0.1, 0.15) is 5.60 Å². The Hall–Kier alpha value is -2.43. The van der Waals surface area contributed by atoms with Gasteiger partial charge in [0.05, 0.1) is 17.9 Å². The molecule has 0 heterocycles. The van der Waals surface area contributed by atoms with Crippen molar-refractivity contribution in [3.63, 3.8) is 0 Å². The number of amides is 1. The van der Waals surface area contributed by atoms with E-state index in [4.69, 9.17) is 4.74 Å². The number of hydrogen-bond acceptors (Lipinski definition) is 5. The zero-order valence-corrected chi connectivity index (χ0v) is 15.5. The first-order valence-electron chi connectivity index (χ1n) is 8.03. The van der Waals surface area contributed by atoms with Crippen molar-refractivity contribution in [3.8, 4) is 0 Å². The van der Waals surface area contributed by atoms with Gasteiger partial charge in [0.25, 0.3) is 0 Å². The number of carbonyl (C=O) groups excluding carboxylic acids is 2. The molecule has 0 aliphatic carbocycles. The molecule has 0 spiro atoms. The minimum absolute atomic E-state index is 0.213. The average molecular weight is 413 g/mol. The van der Waals surface area contributed by atoms with Crippen LogP contribution in [0.3, 0.4) is 0 Å². The Morgan fingerprint density at radius 2 is 1.71 bits per heavy atom. The maximum Gasteiger partial charge on any atom is 0.416 e. The largest absolute Gasteiger partial charge is 0.461 e. The first kappa shape index (κ1) is 23.6. The van der Waals surface area contributed by atoms with Gasteiger partial charge in [0.2, 0.25) is 0 Å². The summed E-state index contributed by atoms with van der Waals surface area (Å²) < 4.78 is 76.2. The van der Waals surface area contributed by atoms with Gasteiger partial charge in [0.15, 0.2) is 6.10 Å². The quantitative estimate of drug-likeness (QED) is 0.556. The molecule has 0 saturated heterocycles. The number of carbonyl (C=O) groups is 2. The predicted molar refractivity (Wildman–Crippen MR) is 87.8 cm³/mol. The first-order valence-corrected chi connectivity index (χ1v) is 8.03. The summed E-state index contributed by atoms with van der Waals surface area (Å²) in [5, 5.41) is 11.9. The molecular weight excluding hydrogens is 393 g/mol. The van der Waals surface area contributed by atoms with Gasteiger partial charge < -0.3 is 14.6 Å². The van der Waals surface area contributed by atoms with Crippen LogP contribution in [-0.2, 0) is 20.4 Å². The van der Waals surface area contributed by atoms with Crippen LogP contribution in [0.25, 0.3) is 0 Å². The van der Waals surface area contributed by atoms with Gasteiger partial charge in [0, 0.05) is 5.56 Å². The van der Waals surface area contributed by atoms with Crippen LogP contribution in [0, 0.1) is 0 Å². The number of rotatable bonds is 5. The van der Waals surface area contributed by atoms with Crippen LogP contribution in [0.4, 0.5) is 32.4 Å². The number of alkyl halides is 5. The lowest BCUT2D eigenvalue weighted by atomic mass is 9.98. The van der Waals surface area contributed by atoms with E-state index in [2.05, 4.69) is 4.74 Å². The molecule has 6 nitrogen and oxygen atoms in total. The van der Waals surface area contributed by atoms with Crippen LogP contribution in [-0.4, -0.2) is 35.3 Å². The lowest BCUT2D eigenvalue weighted by molar-refractivity contribution is -0.189. The smallest absolute Gasteiger partial charge is 0.416 e. The topological polar surface area (TPSA) is 84.9 Å². The summed E-state index contributed by atoms with van der Waals surface area (Å²) in [5.74, 6) is -6.69. The molecule has 0 aliphatic heterocycles. The number of nitrogens with one attached hydrogen (secondary N) is 1. The molecule has 11 heteroatoms. The predicted octanol–water partition coefficient (Wildman–Crippen LogP) is 4.28. The number of ether oxygens (including phenoxy) is 2. The van der Waals surface area contributed by atoms with Crippen molar-refractivity contribution < 1.29 is 46.1 Å². The highest BCUT2D eigenvalue weighted by atomic mass is 19.4. The van der Waals surface area contributed by atoms with E-state index in [-0.39, 0.29) is 6.07 Å². The monoisotopic (exact) mass is 413 g/mol. The summed E-state index contributed by atoms with van der Waals surface area (Å²) in [4.78, 5) is 23.3. The fraction of sp³-hybridized carbons (Fsp3) is 0.529. The Kier molecular flexibility index (Phi) is 6.99. The molecular formula is C17H20F5NO5. The van der Waals surface area contributed by atoms with Gasteiger partial charge >= 0.3 is 24.2 Å². The number of hydrogen-bond donors (Lipinski definition) is 2. The summed E-state index contributed by atoms with van der Waals surface area (Å²) in [6.07, 6.45) is -9.09. The van der Waals surface area contributed by atoms with Crippen molar-refractivity contribution in [1.29, 1.82) is 0 Å². The normalized spacial score (nSPS) is 13.6. The van der Waals surface area contributed by atoms with E-state index in [1.807, 2.05) is 5.32 Å². The molecule has 1 aromatic carbocycles. The molecule has 0 radical (unpaired) electrons. The first-order chi connectivity index (χ1) is 12.6. The molecule has 0 aromatic heterocycles. The standard InChI is InChI=1S/C17H20F5NO5/c1-5-27-13(25)16(18,19)12(24)10-8-9(17(20,21)22)6-7-11(10)23-14(26)28-15(2,3)4/h6-8,12,24H,5H2,1-4H3,(H,23,26). The van der Waals surface area contributed by atoms with E-state index in [1.54, 1.807) is 0 Å². The third-order valence-corrected chi connectivity index (χ3v) is 3.20. The molecule has 0 fully saturated rings. The Labute approximate surface area is 157 Å². The Balaban J connectivity index is 3.38. The zero-order valence-electron chi connectivity index (χ0n) is 15.5. The van der Waals surface area contributed by atoms with Crippen molar-refractivity contribution in [2.45, 2.75) is 51.5 Å². The average Bonchev–Trinajstić information content (AvgIpc) is 2.51. The van der Waals surface area contributed by atoms with Crippen molar-refractivity contribution in [2.75, 3.05) is 11.9 Å². The highest BCUT2D eigenvalue weighted by Crippen LogP contribution is 2.39. The van der Waals surface area contributed by atoms with Crippen molar-refractivity contribution in [3.05, 3.63) is 29.3 Å². The van der Waals surface area contributed by atoms with Crippen LogP contribution < -0.4 is 5.32 Å². The van der Waals surface area contributed by atoms with Gasteiger partial charge in [-0.2, -0.15) is 22.0 Å². The maximum absolute atomic E-state index is 14.2. The van der Waals surface area contributed by atoms with Gasteiger partial charge in [-0.05, 0) is 45.9 Å². The lowest BCUT2D eigenvalue weighted by Gasteiger charge is -2.25. The molecule has 0 aliphatic rings. The fourth-order valence-electron chi connectivity index (χ4n) is 2.03. The summed E-state index contributed by atoms with van der Waals surface area (Å²) in [5.41, 5.74) is -3.96. The lowest BCUT2D eigenvalue weighted by Crippen LogP contribution is -2.38. The molecule has 28 heavy (non-hydrogen) atoms. The number of benzene rings is 1. The van der Waals surface area contributed by atoms with Crippen LogP contribution in [0.15, 0.2) is 18.2 Å². The highest BCUT2D eigenvalue weighted by molar-refractivity contribution is 5.87. The third-order valence-electron chi connectivity index (χ3n) is 3.20. The number of esters is 1. The minimum atomic E-state index is -4.92. The molecule has 1 aromatic rings. The van der Waals surface area contributed by atoms with Crippen LogP contribution in [0.5, 0.6) is 0 Å². The Morgan fingerprint density at radius 1 is 1.14 bits per heavy atom. The van der Waals surface area contributed by atoms with E-state index >= 15 is 0 Å². The minimum Gasteiger partial charge on any atom is -0.461 e. The van der Waals surface area contributed by atoms with E-state index < -0.39 is 59.3 Å². The van der Waals surface area contributed by atoms with E-state index in [0.29, 0.717) is 12.1 Å². The summed E-state index contributed by atoms with van der Waals surface area (Å²) in [7, 11) is 0. The SMILES string of the molecule is CCOC(=O)C(F)(F)C(O)c1cc(C(F)(F)F)ccc1NC(=O)OC(C)(C)C. The zero-order chi connectivity index (χ0) is 21.9. The van der Waals surface area contributed by atoms with E-state index in [0.717, 1.165) is 0 Å². The van der Waals surface area contributed by atoms with Crippen LogP contribution in [0.1, 0.15) is 44.9 Å². The van der Waals surface area contributed by atoms with Gasteiger partial charge in [-0.3, -0.25) is 5.32 Å². The van der Waals surface area contributed by atoms with Gasteiger partial charge in [-0.25, -0.2) is 9.59 Å². The highest BCUT2D eigenvalue weighted by Gasteiger charge is 2.50. The van der Waals surface area contributed by atoms with E-state index in [1.165, 1.54) is 27.7 Å². The molecule has 1 unspecified atom stereocenters. The van der Waals surface area contributed by atoms with Gasteiger partial charge in [-0.15, -0.1) is 0 Å².